The molecule has 0 radical (unpaired) electrons. The van der Waals surface area contributed by atoms with Crippen molar-refractivity contribution in [3.63, 3.8) is 0 Å². The number of benzene rings is 2. The van der Waals surface area contributed by atoms with E-state index in [4.69, 9.17) is 26.8 Å². The summed E-state index contributed by atoms with van der Waals surface area (Å²) in [5, 5.41) is 14.2. The van der Waals surface area contributed by atoms with E-state index in [-0.39, 0.29) is 46.5 Å². The Kier molecular flexibility index (Phi) is 7.77. The van der Waals surface area contributed by atoms with E-state index in [2.05, 4.69) is 5.10 Å². The number of ketones is 1. The Hall–Kier alpha value is -4.19. The molecule has 0 bridgehead atoms. The Morgan fingerprint density at radius 1 is 1.15 bits per heavy atom. The first kappa shape index (κ1) is 27.8. The molecule has 1 aliphatic carbocycles. The molecule has 2 amide bonds. The van der Waals surface area contributed by atoms with Crippen molar-refractivity contribution in [2.45, 2.75) is 38.4 Å². The number of likely N-dealkylation sites (tertiary alicyclic amines) is 1. The molecular weight excluding hydrogens is 535 g/mol. The Balaban J connectivity index is 0.000000270. The third-order valence-corrected chi connectivity index (χ3v) is 7.06. The Labute approximate surface area is 227 Å². The first-order valence-corrected chi connectivity index (χ1v) is 12.3. The number of nitrogens with two attached hydrogens (primary N) is 1. The number of rotatable bonds is 7. The molecule has 2 fully saturated rings. The number of carbonyl (C=O) groups is 4. The number of fused-ring (bicyclic) bond motifs is 2. The van der Waals surface area contributed by atoms with E-state index in [1.165, 1.54) is 48.9 Å². The normalized spacial score (nSPS) is 19.1. The van der Waals surface area contributed by atoms with Gasteiger partial charge in [0.2, 0.25) is 5.91 Å². The van der Waals surface area contributed by atoms with Crippen LogP contribution in [0.2, 0.25) is 5.02 Å². The van der Waals surface area contributed by atoms with E-state index >= 15 is 0 Å². The molecule has 1 aliphatic heterocycles. The summed E-state index contributed by atoms with van der Waals surface area (Å²) < 4.78 is 24.9. The number of methoxy groups -OCH3 is 2. The van der Waals surface area contributed by atoms with Crippen LogP contribution in [0.15, 0.2) is 30.3 Å². The van der Waals surface area contributed by atoms with Crippen LogP contribution in [0.3, 0.4) is 0 Å². The minimum atomic E-state index is -0.985. The van der Waals surface area contributed by atoms with E-state index in [1.807, 2.05) is 0 Å². The number of primary amides is 1. The summed E-state index contributed by atoms with van der Waals surface area (Å²) in [4.78, 5) is 48.4. The number of nitrogens with zero attached hydrogens (tertiary/aromatic N) is 3. The molecule has 3 N–H and O–H groups in total. The number of aromatic nitrogens is 2. The molecule has 3 atom stereocenters. The summed E-state index contributed by atoms with van der Waals surface area (Å²) in [6.45, 7) is 1.26. The van der Waals surface area contributed by atoms with Crippen LogP contribution >= 0.6 is 11.6 Å². The number of carboxylic acids is 1. The zero-order valence-electron chi connectivity index (χ0n) is 21.3. The molecule has 1 aromatic heterocycles. The molecule has 2 aromatic carbocycles. The second-order valence-electron chi connectivity index (χ2n) is 9.21. The standard InChI is InChI=1S/C19H21N3O6.C7H5ClFNO/c1-9(23)18-11-6-15(27-2)16(28-3)7-13(11)21(20-18)8-17(24)22-12-4-10(12)5-14(22)19(25)26;8-5-3-1-2-4(6(5)9)7(10)11/h6-7,10,12,14H,4-5,8H2,1-3H3,(H,25,26);1-3H,(H2,10,11)/t10-,12-,14+;/m1./s1. The summed E-state index contributed by atoms with van der Waals surface area (Å²) in [5.74, 6) is -1.94. The summed E-state index contributed by atoms with van der Waals surface area (Å²) in [7, 11) is 2.99. The van der Waals surface area contributed by atoms with E-state index in [9.17, 15) is 28.7 Å². The maximum Gasteiger partial charge on any atom is 0.326 e. The molecule has 0 spiro atoms. The van der Waals surface area contributed by atoms with Crippen LogP contribution in [0.4, 0.5) is 4.39 Å². The van der Waals surface area contributed by atoms with Gasteiger partial charge < -0.3 is 25.2 Å². The summed E-state index contributed by atoms with van der Waals surface area (Å²) >= 11 is 5.38. The lowest BCUT2D eigenvalue weighted by molar-refractivity contribution is -0.149. The minimum absolute atomic E-state index is 0.00247. The molecule has 1 saturated heterocycles. The van der Waals surface area contributed by atoms with Gasteiger partial charge in [0.15, 0.2) is 23.1 Å². The summed E-state index contributed by atoms with van der Waals surface area (Å²) in [6.07, 6.45) is 1.34. The number of piperidine rings is 1. The van der Waals surface area contributed by atoms with Gasteiger partial charge in [-0.1, -0.05) is 17.7 Å². The summed E-state index contributed by atoms with van der Waals surface area (Å²) in [5.41, 5.74) is 5.44. The molecule has 0 unspecified atom stereocenters. The fraction of sp³-hybridized carbons (Fsp3) is 0.346. The first-order chi connectivity index (χ1) is 18.5. The molecule has 3 aromatic rings. The van der Waals surface area contributed by atoms with Crippen LogP contribution in [0, 0.1) is 11.7 Å². The lowest BCUT2D eigenvalue weighted by Crippen LogP contribution is -2.44. The highest BCUT2D eigenvalue weighted by Crippen LogP contribution is 2.48. The summed E-state index contributed by atoms with van der Waals surface area (Å²) in [6, 6.07) is 6.63. The molecule has 5 rings (SSSR count). The number of amides is 2. The van der Waals surface area contributed by atoms with Crippen molar-refractivity contribution in [3.8, 4) is 11.5 Å². The number of aliphatic carboxylic acids is 1. The molecule has 1 saturated carbocycles. The van der Waals surface area contributed by atoms with E-state index in [0.29, 0.717) is 28.8 Å². The van der Waals surface area contributed by atoms with Crippen LogP contribution in [0.1, 0.15) is 40.6 Å². The first-order valence-electron chi connectivity index (χ1n) is 11.9. The maximum absolute atomic E-state index is 12.9. The van der Waals surface area contributed by atoms with Gasteiger partial charge in [0.25, 0.3) is 5.91 Å². The topological polar surface area (TPSA) is 154 Å². The highest BCUT2D eigenvalue weighted by molar-refractivity contribution is 6.31. The number of carboxylic acid groups (broad SMARTS) is 1. The largest absolute Gasteiger partial charge is 0.493 e. The van der Waals surface area contributed by atoms with E-state index in [0.717, 1.165) is 6.42 Å². The van der Waals surface area contributed by atoms with Crippen molar-refractivity contribution in [2.24, 2.45) is 11.7 Å². The van der Waals surface area contributed by atoms with Crippen LogP contribution < -0.4 is 15.2 Å². The zero-order valence-corrected chi connectivity index (χ0v) is 22.1. The van der Waals surface area contributed by atoms with Crippen molar-refractivity contribution < 1.29 is 38.1 Å². The molecule has 13 heteroatoms. The lowest BCUT2D eigenvalue weighted by Gasteiger charge is -2.24. The molecular formula is C26H26ClFN4O7. The molecule has 2 heterocycles. The highest BCUT2D eigenvalue weighted by Gasteiger charge is 2.56. The highest BCUT2D eigenvalue weighted by atomic mass is 35.5. The second-order valence-corrected chi connectivity index (χ2v) is 9.61. The Bertz CT molecular complexity index is 1490. The second kappa shape index (κ2) is 10.9. The predicted octanol–water partition coefficient (Wildman–Crippen LogP) is 2.91. The Morgan fingerprint density at radius 2 is 1.82 bits per heavy atom. The van der Waals surface area contributed by atoms with Crippen LogP contribution in [0.5, 0.6) is 11.5 Å². The van der Waals surface area contributed by atoms with Crippen molar-refractivity contribution in [1.82, 2.24) is 14.7 Å². The minimum Gasteiger partial charge on any atom is -0.493 e. The molecule has 206 valence electrons. The van der Waals surface area contributed by atoms with Crippen molar-refractivity contribution in [1.29, 1.82) is 0 Å². The van der Waals surface area contributed by atoms with Gasteiger partial charge in [-0.2, -0.15) is 5.10 Å². The molecule has 11 nitrogen and oxygen atoms in total. The number of ether oxygens (including phenoxy) is 2. The molecule has 2 aliphatic rings. The predicted molar refractivity (Wildman–Crippen MR) is 138 cm³/mol. The van der Waals surface area contributed by atoms with Crippen LogP contribution in [0.25, 0.3) is 10.9 Å². The van der Waals surface area contributed by atoms with Crippen LogP contribution in [-0.4, -0.2) is 69.7 Å². The third-order valence-electron chi connectivity index (χ3n) is 6.77. The monoisotopic (exact) mass is 560 g/mol. The van der Waals surface area contributed by atoms with Crippen LogP contribution in [-0.2, 0) is 16.1 Å². The number of Topliss-reactive ketones (excluding diaryl/α,β-unsaturated/α-hetero) is 1. The number of hydrogen-bond acceptors (Lipinski definition) is 7. The third kappa shape index (κ3) is 5.37. The van der Waals surface area contributed by atoms with Crippen molar-refractivity contribution in [3.05, 3.63) is 52.4 Å². The fourth-order valence-electron chi connectivity index (χ4n) is 4.82. The fourth-order valence-corrected chi connectivity index (χ4v) is 4.99. The van der Waals surface area contributed by atoms with E-state index < -0.39 is 23.7 Å². The Morgan fingerprint density at radius 3 is 2.38 bits per heavy atom. The zero-order chi connectivity index (χ0) is 28.6. The van der Waals surface area contributed by atoms with Gasteiger partial charge in [0.05, 0.1) is 30.3 Å². The number of carbonyl (C=O) groups excluding carboxylic acids is 3. The van der Waals surface area contributed by atoms with Gasteiger partial charge in [0.1, 0.15) is 18.3 Å². The average molecular weight is 561 g/mol. The van der Waals surface area contributed by atoms with Crippen molar-refractivity contribution in [2.75, 3.05) is 14.2 Å². The van der Waals surface area contributed by atoms with E-state index in [1.54, 1.807) is 12.1 Å². The van der Waals surface area contributed by atoms with Gasteiger partial charge in [0, 0.05) is 24.4 Å². The van der Waals surface area contributed by atoms with Crippen molar-refractivity contribution >= 4 is 46.1 Å². The number of hydrogen-bond donors (Lipinski definition) is 2. The quantitative estimate of drug-likeness (QED) is 0.418. The smallest absolute Gasteiger partial charge is 0.326 e. The van der Waals surface area contributed by atoms with Gasteiger partial charge >= 0.3 is 5.97 Å². The van der Waals surface area contributed by atoms with Gasteiger partial charge in [-0.15, -0.1) is 0 Å². The average Bonchev–Trinajstić information content (AvgIpc) is 3.41. The van der Waals surface area contributed by atoms with Gasteiger partial charge in [-0.3, -0.25) is 19.1 Å². The van der Waals surface area contributed by atoms with Gasteiger partial charge in [-0.05, 0) is 37.0 Å². The SMILES string of the molecule is COc1cc2c(C(C)=O)nn(CC(=O)N3[C@@H]4C[C@@H]4C[C@H]3C(=O)O)c2cc1OC.NC(=O)c1cccc(Cl)c1F. The molecule has 39 heavy (non-hydrogen) atoms. The number of halogens is 2. The maximum atomic E-state index is 12.9. The van der Waals surface area contributed by atoms with Gasteiger partial charge in [-0.25, -0.2) is 9.18 Å². The lowest BCUT2D eigenvalue weighted by atomic mass is 10.1.